The highest BCUT2D eigenvalue weighted by molar-refractivity contribution is 5.93. The van der Waals surface area contributed by atoms with Gasteiger partial charge in [-0.25, -0.2) is 4.39 Å². The summed E-state index contributed by atoms with van der Waals surface area (Å²) >= 11 is 0. The molecule has 0 aliphatic carbocycles. The van der Waals surface area contributed by atoms with Crippen LogP contribution in [0.1, 0.15) is 29.1 Å². The summed E-state index contributed by atoms with van der Waals surface area (Å²) in [6.07, 6.45) is 0. The average molecular weight is 275 g/mol. The van der Waals surface area contributed by atoms with E-state index in [0.717, 1.165) is 0 Å². The van der Waals surface area contributed by atoms with E-state index in [-0.39, 0.29) is 24.4 Å². The Balaban J connectivity index is 1.76. The lowest BCUT2D eigenvalue weighted by Crippen LogP contribution is -2.38. The van der Waals surface area contributed by atoms with E-state index in [2.05, 4.69) is 10.4 Å². The lowest BCUT2D eigenvalue weighted by atomic mass is 10.2. The summed E-state index contributed by atoms with van der Waals surface area (Å²) in [5.74, 6) is -0.0410. The van der Waals surface area contributed by atoms with Gasteiger partial charge in [-0.3, -0.25) is 9.48 Å². The molecular weight excluding hydrogens is 261 g/mol. The van der Waals surface area contributed by atoms with Gasteiger partial charge in [0.05, 0.1) is 6.04 Å². The number of carbonyl (C=O) groups is 1. The van der Waals surface area contributed by atoms with Gasteiger partial charge < -0.3 is 10.1 Å². The quantitative estimate of drug-likeness (QED) is 0.931. The third-order valence-corrected chi connectivity index (χ3v) is 3.18. The van der Waals surface area contributed by atoms with Gasteiger partial charge in [-0.2, -0.15) is 5.10 Å². The first-order valence-corrected chi connectivity index (χ1v) is 6.38. The summed E-state index contributed by atoms with van der Waals surface area (Å²) in [6.45, 7) is 2.74. The van der Waals surface area contributed by atoms with Crippen LogP contribution in [0.2, 0.25) is 0 Å². The Morgan fingerprint density at radius 2 is 2.35 bits per heavy atom. The van der Waals surface area contributed by atoms with Gasteiger partial charge >= 0.3 is 0 Å². The Hall–Kier alpha value is -2.37. The zero-order valence-corrected chi connectivity index (χ0v) is 11.0. The number of hydrogen-bond acceptors (Lipinski definition) is 3. The first kappa shape index (κ1) is 12.7. The molecule has 0 spiro atoms. The highest BCUT2D eigenvalue weighted by Gasteiger charge is 2.24. The van der Waals surface area contributed by atoms with Gasteiger partial charge in [-0.1, -0.05) is 6.07 Å². The molecule has 0 fully saturated rings. The number of hydrogen-bond donors (Lipinski definition) is 1. The third-order valence-electron chi connectivity index (χ3n) is 3.18. The largest absolute Gasteiger partial charge is 0.487 e. The van der Waals surface area contributed by atoms with E-state index >= 15 is 0 Å². The smallest absolute Gasteiger partial charge is 0.269 e. The van der Waals surface area contributed by atoms with Gasteiger partial charge in [0.1, 0.15) is 29.6 Å². The molecule has 0 saturated heterocycles. The number of carbonyl (C=O) groups excluding carboxylic acids is 1. The lowest BCUT2D eigenvalue weighted by Gasteiger charge is -2.20. The molecule has 1 aromatic carbocycles. The van der Waals surface area contributed by atoms with Gasteiger partial charge in [0.2, 0.25) is 0 Å². The molecule has 2 aromatic rings. The van der Waals surface area contributed by atoms with Crippen LogP contribution < -0.4 is 10.1 Å². The normalized spacial score (nSPS) is 17.5. The topological polar surface area (TPSA) is 56.1 Å². The molecule has 1 aliphatic rings. The predicted molar refractivity (Wildman–Crippen MR) is 70.0 cm³/mol. The standard InChI is InChI=1S/C14H14FN3O2/c1-9-7-16-14(19)13-6-11(17-18(9)13)8-20-12-4-2-3-10(15)5-12/h2-6,9H,7-8H2,1H3,(H,16,19). The van der Waals surface area contributed by atoms with Crippen molar-refractivity contribution in [2.24, 2.45) is 0 Å². The van der Waals surface area contributed by atoms with Crippen molar-refractivity contribution in [1.29, 1.82) is 0 Å². The molecule has 1 atom stereocenters. The second-order valence-electron chi connectivity index (χ2n) is 4.77. The number of benzene rings is 1. The minimum Gasteiger partial charge on any atom is -0.487 e. The molecule has 1 amide bonds. The van der Waals surface area contributed by atoms with Crippen LogP contribution in [0.4, 0.5) is 4.39 Å². The Morgan fingerprint density at radius 3 is 3.10 bits per heavy atom. The molecule has 6 heteroatoms. The second-order valence-corrected chi connectivity index (χ2v) is 4.77. The summed E-state index contributed by atoms with van der Waals surface area (Å²) in [7, 11) is 0. The fraction of sp³-hybridized carbons (Fsp3) is 0.286. The molecule has 0 saturated carbocycles. The molecular formula is C14H14FN3O2. The minimum absolute atomic E-state index is 0.116. The Bertz CT molecular complexity index is 654. The number of amides is 1. The van der Waals surface area contributed by atoms with E-state index in [1.54, 1.807) is 22.9 Å². The minimum atomic E-state index is -0.348. The van der Waals surface area contributed by atoms with Crippen molar-refractivity contribution < 1.29 is 13.9 Å². The SMILES string of the molecule is CC1CNC(=O)c2cc(COc3cccc(F)c3)nn21. The molecule has 1 N–H and O–H groups in total. The fourth-order valence-corrected chi connectivity index (χ4v) is 2.15. The van der Waals surface area contributed by atoms with Gasteiger partial charge in [0.25, 0.3) is 5.91 Å². The number of rotatable bonds is 3. The van der Waals surface area contributed by atoms with Crippen molar-refractivity contribution in [2.75, 3.05) is 6.54 Å². The maximum Gasteiger partial charge on any atom is 0.269 e. The molecule has 0 radical (unpaired) electrons. The zero-order chi connectivity index (χ0) is 14.1. The third kappa shape index (κ3) is 2.36. The van der Waals surface area contributed by atoms with Crippen LogP contribution in [0.15, 0.2) is 30.3 Å². The maximum absolute atomic E-state index is 13.0. The van der Waals surface area contributed by atoms with Crippen LogP contribution in [0.25, 0.3) is 0 Å². The van der Waals surface area contributed by atoms with E-state index < -0.39 is 0 Å². The molecule has 2 heterocycles. The van der Waals surface area contributed by atoms with Crippen LogP contribution in [-0.2, 0) is 6.61 Å². The van der Waals surface area contributed by atoms with E-state index in [1.807, 2.05) is 6.92 Å². The number of nitrogens with zero attached hydrogens (tertiary/aromatic N) is 2. The zero-order valence-electron chi connectivity index (χ0n) is 11.0. The van der Waals surface area contributed by atoms with Crippen molar-refractivity contribution in [3.63, 3.8) is 0 Å². The van der Waals surface area contributed by atoms with Crippen LogP contribution in [0.5, 0.6) is 5.75 Å². The summed E-state index contributed by atoms with van der Waals surface area (Å²) in [5, 5.41) is 7.15. The van der Waals surface area contributed by atoms with E-state index in [0.29, 0.717) is 23.7 Å². The maximum atomic E-state index is 13.0. The van der Waals surface area contributed by atoms with Crippen LogP contribution in [0.3, 0.4) is 0 Å². The Labute approximate surface area is 115 Å². The number of ether oxygens (including phenoxy) is 1. The predicted octanol–water partition coefficient (Wildman–Crippen LogP) is 1.91. The monoisotopic (exact) mass is 275 g/mol. The van der Waals surface area contributed by atoms with Gasteiger partial charge in [0, 0.05) is 12.6 Å². The number of aromatic nitrogens is 2. The highest BCUT2D eigenvalue weighted by atomic mass is 19.1. The average Bonchev–Trinajstić information content (AvgIpc) is 2.86. The summed E-state index contributed by atoms with van der Waals surface area (Å²) in [5.41, 5.74) is 1.18. The van der Waals surface area contributed by atoms with Crippen LogP contribution in [0, 0.1) is 5.82 Å². The lowest BCUT2D eigenvalue weighted by molar-refractivity contribution is 0.0912. The number of halogens is 1. The van der Waals surface area contributed by atoms with Crippen molar-refractivity contribution in [3.8, 4) is 5.75 Å². The van der Waals surface area contributed by atoms with Gasteiger partial charge in [0.15, 0.2) is 0 Å². The Morgan fingerprint density at radius 1 is 1.50 bits per heavy atom. The van der Waals surface area contributed by atoms with Gasteiger partial charge in [-0.15, -0.1) is 0 Å². The molecule has 3 rings (SSSR count). The van der Waals surface area contributed by atoms with Crippen molar-refractivity contribution >= 4 is 5.91 Å². The molecule has 5 nitrogen and oxygen atoms in total. The van der Waals surface area contributed by atoms with E-state index in [1.165, 1.54) is 12.1 Å². The number of nitrogens with one attached hydrogen (secondary N) is 1. The number of fused-ring (bicyclic) bond motifs is 1. The van der Waals surface area contributed by atoms with Crippen molar-refractivity contribution in [1.82, 2.24) is 15.1 Å². The summed E-state index contributed by atoms with van der Waals surface area (Å²) in [4.78, 5) is 11.7. The second kappa shape index (κ2) is 4.96. The molecule has 0 bridgehead atoms. The molecule has 20 heavy (non-hydrogen) atoms. The van der Waals surface area contributed by atoms with Crippen LogP contribution >= 0.6 is 0 Å². The molecule has 1 aromatic heterocycles. The first-order valence-electron chi connectivity index (χ1n) is 6.38. The van der Waals surface area contributed by atoms with Crippen LogP contribution in [-0.4, -0.2) is 22.2 Å². The fourth-order valence-electron chi connectivity index (χ4n) is 2.15. The summed E-state index contributed by atoms with van der Waals surface area (Å²) in [6, 6.07) is 7.74. The van der Waals surface area contributed by atoms with Crippen molar-refractivity contribution in [3.05, 3.63) is 47.5 Å². The Kier molecular flexibility index (Phi) is 3.14. The molecule has 1 unspecified atom stereocenters. The molecule has 1 aliphatic heterocycles. The van der Waals surface area contributed by atoms with E-state index in [9.17, 15) is 9.18 Å². The highest BCUT2D eigenvalue weighted by Crippen LogP contribution is 2.18. The first-order chi connectivity index (χ1) is 9.63. The molecule has 104 valence electrons. The summed E-state index contributed by atoms with van der Waals surface area (Å²) < 4.78 is 20.2. The van der Waals surface area contributed by atoms with Gasteiger partial charge in [-0.05, 0) is 25.1 Å². The van der Waals surface area contributed by atoms with Crippen molar-refractivity contribution in [2.45, 2.75) is 19.6 Å². The van der Waals surface area contributed by atoms with E-state index in [4.69, 9.17) is 4.74 Å².